The van der Waals surface area contributed by atoms with Crippen molar-refractivity contribution in [3.05, 3.63) is 63.1 Å². The number of aryl methyl sites for hydroxylation is 2. The Kier molecular flexibility index (Phi) is 11.7. The highest BCUT2D eigenvalue weighted by Crippen LogP contribution is 2.26. The van der Waals surface area contributed by atoms with Gasteiger partial charge in [-0.2, -0.15) is 0 Å². The minimum absolute atomic E-state index is 0.0742. The number of nitrogens with one attached hydrogen (secondary N) is 1. The van der Waals surface area contributed by atoms with Crippen LogP contribution in [-0.4, -0.2) is 50.5 Å². The van der Waals surface area contributed by atoms with Crippen molar-refractivity contribution in [3.63, 3.8) is 0 Å². The van der Waals surface area contributed by atoms with E-state index in [1.165, 1.54) is 9.21 Å². The molecule has 1 unspecified atom stereocenters. The molecule has 0 saturated heterocycles. The van der Waals surface area contributed by atoms with Gasteiger partial charge in [-0.3, -0.25) is 13.9 Å². The number of carbonyl (C=O) groups is 2. The normalized spacial score (nSPS) is 12.2. The molecule has 204 valence electrons. The third-order valence-corrected chi connectivity index (χ3v) is 8.04. The van der Waals surface area contributed by atoms with E-state index >= 15 is 0 Å². The van der Waals surface area contributed by atoms with Crippen LogP contribution >= 0.6 is 23.2 Å². The van der Waals surface area contributed by atoms with Crippen LogP contribution in [0.25, 0.3) is 0 Å². The van der Waals surface area contributed by atoms with Gasteiger partial charge in [-0.25, -0.2) is 8.42 Å². The lowest BCUT2D eigenvalue weighted by atomic mass is 10.1. The Bertz CT molecular complexity index is 1200. The molecule has 1 atom stereocenters. The van der Waals surface area contributed by atoms with Gasteiger partial charge in [-0.15, -0.1) is 0 Å². The van der Waals surface area contributed by atoms with Gasteiger partial charge < -0.3 is 10.2 Å². The van der Waals surface area contributed by atoms with Crippen molar-refractivity contribution in [2.75, 3.05) is 23.7 Å². The lowest BCUT2D eigenvalue weighted by Crippen LogP contribution is -2.48. The number of benzene rings is 2. The predicted molar refractivity (Wildman–Crippen MR) is 152 cm³/mol. The monoisotopic (exact) mass is 569 g/mol. The first-order chi connectivity index (χ1) is 17.3. The summed E-state index contributed by atoms with van der Waals surface area (Å²) in [5.41, 5.74) is 3.12. The van der Waals surface area contributed by atoms with Crippen molar-refractivity contribution in [2.24, 2.45) is 0 Å². The Morgan fingerprint density at radius 1 is 1.03 bits per heavy atom. The van der Waals surface area contributed by atoms with Crippen LogP contribution in [0.2, 0.25) is 10.0 Å². The van der Waals surface area contributed by atoms with E-state index < -0.39 is 16.1 Å². The second-order valence-electron chi connectivity index (χ2n) is 9.32. The van der Waals surface area contributed by atoms with Gasteiger partial charge in [0, 0.05) is 26.1 Å². The van der Waals surface area contributed by atoms with Gasteiger partial charge in [0.2, 0.25) is 21.8 Å². The molecular weight excluding hydrogens is 533 g/mol. The first-order valence-electron chi connectivity index (χ1n) is 12.4. The second kappa shape index (κ2) is 14.0. The fourth-order valence-corrected chi connectivity index (χ4v) is 5.26. The van der Waals surface area contributed by atoms with Crippen molar-refractivity contribution in [1.82, 2.24) is 10.2 Å². The predicted octanol–water partition coefficient (Wildman–Crippen LogP) is 5.49. The molecule has 0 saturated carbocycles. The molecule has 0 spiro atoms. The topological polar surface area (TPSA) is 86.8 Å². The molecule has 2 amide bonds. The van der Waals surface area contributed by atoms with Crippen LogP contribution in [0, 0.1) is 13.8 Å². The molecule has 0 radical (unpaired) electrons. The number of rotatable bonds is 13. The number of unbranched alkanes of at least 4 members (excludes halogenated alkanes) is 1. The van der Waals surface area contributed by atoms with Crippen molar-refractivity contribution < 1.29 is 18.0 Å². The molecule has 0 aliphatic carbocycles. The molecule has 0 fully saturated rings. The molecule has 2 aromatic rings. The maximum absolute atomic E-state index is 13.4. The van der Waals surface area contributed by atoms with Crippen LogP contribution in [-0.2, 0) is 26.2 Å². The van der Waals surface area contributed by atoms with Crippen LogP contribution in [0.4, 0.5) is 5.69 Å². The summed E-state index contributed by atoms with van der Waals surface area (Å²) < 4.78 is 26.5. The Morgan fingerprint density at radius 2 is 1.73 bits per heavy atom. The Hall–Kier alpha value is -2.29. The summed E-state index contributed by atoms with van der Waals surface area (Å²) in [7, 11) is -3.56. The van der Waals surface area contributed by atoms with Gasteiger partial charge in [0.15, 0.2) is 0 Å². The van der Waals surface area contributed by atoms with E-state index in [-0.39, 0.29) is 31.3 Å². The van der Waals surface area contributed by atoms with Crippen molar-refractivity contribution in [3.8, 4) is 0 Å². The maximum atomic E-state index is 13.4. The number of carbonyl (C=O) groups excluding carboxylic acids is 2. The highest BCUT2D eigenvalue weighted by Gasteiger charge is 2.27. The van der Waals surface area contributed by atoms with Crippen LogP contribution in [0.3, 0.4) is 0 Å². The minimum atomic E-state index is -3.56. The molecule has 0 aliphatic heterocycles. The fraction of sp³-hybridized carbons (Fsp3) is 0.481. The Balaban J connectivity index is 2.21. The molecule has 0 heterocycles. The third-order valence-electron chi connectivity index (χ3n) is 6.12. The molecule has 2 rings (SSSR count). The first-order valence-corrected chi connectivity index (χ1v) is 15.0. The number of hydrogen-bond donors (Lipinski definition) is 1. The molecule has 7 nitrogen and oxygen atoms in total. The maximum Gasteiger partial charge on any atom is 0.242 e. The molecule has 2 aromatic carbocycles. The number of hydrogen-bond acceptors (Lipinski definition) is 4. The van der Waals surface area contributed by atoms with E-state index in [1.807, 2.05) is 39.0 Å². The largest absolute Gasteiger partial charge is 0.354 e. The van der Waals surface area contributed by atoms with Gasteiger partial charge >= 0.3 is 0 Å². The summed E-state index contributed by atoms with van der Waals surface area (Å²) >= 11 is 12.2. The minimum Gasteiger partial charge on any atom is -0.354 e. The number of amides is 2. The van der Waals surface area contributed by atoms with E-state index in [2.05, 4.69) is 5.32 Å². The molecule has 10 heteroatoms. The zero-order chi connectivity index (χ0) is 27.8. The zero-order valence-corrected chi connectivity index (χ0v) is 24.5. The highest BCUT2D eigenvalue weighted by molar-refractivity contribution is 7.92. The van der Waals surface area contributed by atoms with E-state index in [9.17, 15) is 18.0 Å². The van der Waals surface area contributed by atoms with Gasteiger partial charge in [-0.05, 0) is 68.5 Å². The summed E-state index contributed by atoms with van der Waals surface area (Å²) in [6, 6.07) is 10.0. The van der Waals surface area contributed by atoms with Gasteiger partial charge in [0.1, 0.15) is 6.04 Å². The average molecular weight is 571 g/mol. The standard InChI is InChI=1S/C27H37Cl2N3O4S/c1-6-7-14-30-27(34)21(4)31(18-22-12-13-23(28)24(29)17-22)26(33)9-8-15-32(37(5,35)36)25-16-19(2)10-11-20(25)3/h10-13,16-17,21H,6-9,14-15,18H2,1-5H3,(H,30,34). The number of nitrogens with zero attached hydrogens (tertiary/aromatic N) is 2. The molecule has 0 aromatic heterocycles. The first kappa shape index (κ1) is 30.9. The number of anilines is 1. The van der Waals surface area contributed by atoms with Gasteiger partial charge in [0.25, 0.3) is 0 Å². The molecule has 37 heavy (non-hydrogen) atoms. The van der Waals surface area contributed by atoms with E-state index in [4.69, 9.17) is 23.2 Å². The van der Waals surface area contributed by atoms with E-state index in [1.54, 1.807) is 25.1 Å². The van der Waals surface area contributed by atoms with Crippen molar-refractivity contribution >= 4 is 50.7 Å². The summed E-state index contributed by atoms with van der Waals surface area (Å²) in [5, 5.41) is 3.65. The van der Waals surface area contributed by atoms with E-state index in [0.29, 0.717) is 28.7 Å². The molecule has 0 aliphatic rings. The summed E-state index contributed by atoms with van der Waals surface area (Å²) in [4.78, 5) is 27.7. The van der Waals surface area contributed by atoms with Gasteiger partial charge in [-0.1, -0.05) is 54.7 Å². The lowest BCUT2D eigenvalue weighted by molar-refractivity contribution is -0.140. The smallest absolute Gasteiger partial charge is 0.242 e. The SMILES string of the molecule is CCCCNC(=O)C(C)N(Cc1ccc(Cl)c(Cl)c1)C(=O)CCCN(c1cc(C)ccc1C)S(C)(=O)=O. The zero-order valence-electron chi connectivity index (χ0n) is 22.2. The third kappa shape index (κ3) is 9.20. The van der Waals surface area contributed by atoms with Crippen LogP contribution in [0.15, 0.2) is 36.4 Å². The van der Waals surface area contributed by atoms with Crippen molar-refractivity contribution in [1.29, 1.82) is 0 Å². The van der Waals surface area contributed by atoms with Gasteiger partial charge in [0.05, 0.1) is 22.0 Å². The van der Waals surface area contributed by atoms with Crippen LogP contribution in [0.1, 0.15) is 56.2 Å². The average Bonchev–Trinajstić information content (AvgIpc) is 2.83. The Labute approximate surface area is 231 Å². The highest BCUT2D eigenvalue weighted by atomic mass is 35.5. The molecule has 1 N–H and O–H groups in total. The lowest BCUT2D eigenvalue weighted by Gasteiger charge is -2.30. The van der Waals surface area contributed by atoms with Crippen LogP contribution in [0.5, 0.6) is 0 Å². The quantitative estimate of drug-likeness (QED) is 0.323. The van der Waals surface area contributed by atoms with Crippen molar-refractivity contribution in [2.45, 2.75) is 66.0 Å². The number of halogens is 2. The summed E-state index contributed by atoms with van der Waals surface area (Å²) in [5.74, 6) is -0.492. The molecular formula is C27H37Cl2N3O4S. The summed E-state index contributed by atoms with van der Waals surface area (Å²) in [6.45, 7) is 8.34. The van der Waals surface area contributed by atoms with E-state index in [0.717, 1.165) is 35.8 Å². The molecule has 0 bridgehead atoms. The Morgan fingerprint density at radius 3 is 2.35 bits per heavy atom. The fourth-order valence-electron chi connectivity index (χ4n) is 3.92. The number of sulfonamides is 1. The van der Waals surface area contributed by atoms with Crippen LogP contribution < -0.4 is 9.62 Å². The summed E-state index contributed by atoms with van der Waals surface area (Å²) in [6.07, 6.45) is 3.32. The second-order valence-corrected chi connectivity index (χ2v) is 12.0.